The van der Waals surface area contributed by atoms with Crippen molar-refractivity contribution in [2.45, 2.75) is 12.5 Å². The Bertz CT molecular complexity index is 456. The minimum absolute atomic E-state index is 0.125. The van der Waals surface area contributed by atoms with E-state index in [4.69, 9.17) is 15.3 Å². The molecule has 1 heterocycles. The molecule has 4 nitrogen and oxygen atoms in total. The van der Waals surface area contributed by atoms with Crippen LogP contribution in [-0.2, 0) is 4.79 Å². The maximum Gasteiger partial charge on any atom is 0.305 e. The summed E-state index contributed by atoms with van der Waals surface area (Å²) in [6.45, 7) is 0. The number of rotatable bonds is 3. The summed E-state index contributed by atoms with van der Waals surface area (Å²) in [4.78, 5) is 10.5. The van der Waals surface area contributed by atoms with Crippen molar-refractivity contribution in [3.8, 4) is 0 Å². The van der Waals surface area contributed by atoms with Gasteiger partial charge in [0, 0.05) is 5.39 Å². The normalized spacial score (nSPS) is 12.9. The number of para-hydroxylation sites is 1. The van der Waals surface area contributed by atoms with Gasteiger partial charge in [0.15, 0.2) is 0 Å². The topological polar surface area (TPSA) is 76.5 Å². The Balaban J connectivity index is 2.32. The molecule has 0 saturated heterocycles. The van der Waals surface area contributed by atoms with Crippen LogP contribution >= 0.6 is 0 Å². The van der Waals surface area contributed by atoms with E-state index in [0.29, 0.717) is 5.76 Å². The molecule has 4 heteroatoms. The molecule has 0 bridgehead atoms. The molecule has 0 aliphatic heterocycles. The molecule has 2 aromatic rings. The monoisotopic (exact) mass is 205 g/mol. The van der Waals surface area contributed by atoms with Gasteiger partial charge in [0.05, 0.1) is 12.5 Å². The first kappa shape index (κ1) is 9.73. The van der Waals surface area contributed by atoms with Crippen LogP contribution in [0.5, 0.6) is 0 Å². The first-order valence-electron chi connectivity index (χ1n) is 4.62. The molecule has 0 spiro atoms. The quantitative estimate of drug-likeness (QED) is 0.802. The van der Waals surface area contributed by atoms with Gasteiger partial charge in [0.1, 0.15) is 11.3 Å². The van der Waals surface area contributed by atoms with Crippen LogP contribution in [0.2, 0.25) is 0 Å². The van der Waals surface area contributed by atoms with E-state index in [-0.39, 0.29) is 6.42 Å². The summed E-state index contributed by atoms with van der Waals surface area (Å²) in [5.41, 5.74) is 6.42. The zero-order valence-corrected chi connectivity index (χ0v) is 8.01. The molecule has 1 unspecified atom stereocenters. The average Bonchev–Trinajstić information content (AvgIpc) is 2.59. The first-order valence-corrected chi connectivity index (χ1v) is 4.62. The van der Waals surface area contributed by atoms with Crippen LogP contribution < -0.4 is 5.73 Å². The number of aliphatic carboxylic acids is 1. The molecule has 0 saturated carbocycles. The lowest BCUT2D eigenvalue weighted by atomic mass is 10.1. The number of fused-ring (bicyclic) bond motifs is 1. The van der Waals surface area contributed by atoms with Gasteiger partial charge < -0.3 is 15.3 Å². The van der Waals surface area contributed by atoms with Crippen molar-refractivity contribution in [3.05, 3.63) is 36.1 Å². The fraction of sp³-hybridized carbons (Fsp3) is 0.182. The number of hydrogen-bond donors (Lipinski definition) is 2. The minimum atomic E-state index is -0.928. The Morgan fingerprint density at radius 1 is 1.47 bits per heavy atom. The number of benzene rings is 1. The van der Waals surface area contributed by atoms with E-state index in [1.54, 1.807) is 6.07 Å². The lowest BCUT2D eigenvalue weighted by Crippen LogP contribution is -2.14. The molecule has 78 valence electrons. The summed E-state index contributed by atoms with van der Waals surface area (Å²) in [5.74, 6) is -0.415. The Morgan fingerprint density at radius 2 is 2.20 bits per heavy atom. The third kappa shape index (κ3) is 1.99. The molecule has 0 aliphatic carbocycles. The molecular weight excluding hydrogens is 194 g/mol. The minimum Gasteiger partial charge on any atom is -0.481 e. The predicted molar refractivity (Wildman–Crippen MR) is 55.4 cm³/mol. The molecule has 1 aromatic heterocycles. The molecule has 0 radical (unpaired) electrons. The molecule has 3 N–H and O–H groups in total. The smallest absolute Gasteiger partial charge is 0.305 e. The second kappa shape index (κ2) is 3.74. The van der Waals surface area contributed by atoms with Crippen molar-refractivity contribution in [2.75, 3.05) is 0 Å². The predicted octanol–water partition coefficient (Wildman–Crippen LogP) is 1.91. The zero-order chi connectivity index (χ0) is 10.8. The molecule has 0 aliphatic rings. The van der Waals surface area contributed by atoms with Gasteiger partial charge in [-0.05, 0) is 12.1 Å². The van der Waals surface area contributed by atoms with Gasteiger partial charge in [-0.2, -0.15) is 0 Å². The van der Waals surface area contributed by atoms with Crippen LogP contribution in [-0.4, -0.2) is 11.1 Å². The summed E-state index contributed by atoms with van der Waals surface area (Å²) >= 11 is 0. The summed E-state index contributed by atoms with van der Waals surface area (Å²) in [7, 11) is 0. The van der Waals surface area contributed by atoms with E-state index < -0.39 is 12.0 Å². The van der Waals surface area contributed by atoms with Crippen LogP contribution in [0.1, 0.15) is 18.2 Å². The summed E-state index contributed by atoms with van der Waals surface area (Å²) in [6.07, 6.45) is -0.125. The van der Waals surface area contributed by atoms with E-state index in [2.05, 4.69) is 0 Å². The van der Waals surface area contributed by atoms with Crippen LogP contribution in [0.25, 0.3) is 11.0 Å². The summed E-state index contributed by atoms with van der Waals surface area (Å²) in [6, 6.07) is 8.67. The highest BCUT2D eigenvalue weighted by Gasteiger charge is 2.14. The third-order valence-electron chi connectivity index (χ3n) is 2.20. The third-order valence-corrected chi connectivity index (χ3v) is 2.20. The molecule has 1 atom stereocenters. The van der Waals surface area contributed by atoms with Gasteiger partial charge in [0.25, 0.3) is 0 Å². The Kier molecular flexibility index (Phi) is 2.43. The summed E-state index contributed by atoms with van der Waals surface area (Å²) in [5, 5.41) is 9.54. The van der Waals surface area contributed by atoms with Crippen LogP contribution in [0.4, 0.5) is 0 Å². The Labute approximate surface area is 86.3 Å². The highest BCUT2D eigenvalue weighted by molar-refractivity contribution is 5.78. The van der Waals surface area contributed by atoms with Gasteiger partial charge >= 0.3 is 5.97 Å². The van der Waals surface area contributed by atoms with Gasteiger partial charge in [-0.1, -0.05) is 18.2 Å². The first-order chi connectivity index (χ1) is 7.16. The van der Waals surface area contributed by atoms with E-state index >= 15 is 0 Å². The molecule has 0 fully saturated rings. The van der Waals surface area contributed by atoms with Gasteiger partial charge in [-0.3, -0.25) is 4.79 Å². The lowest BCUT2D eigenvalue weighted by Gasteiger charge is -2.03. The number of carboxylic acid groups (broad SMARTS) is 1. The average molecular weight is 205 g/mol. The SMILES string of the molecule is NC(CC(=O)O)c1cc2ccccc2o1. The number of nitrogens with two attached hydrogens (primary N) is 1. The van der Waals surface area contributed by atoms with Crippen LogP contribution in [0.15, 0.2) is 34.7 Å². The molecule has 2 rings (SSSR count). The zero-order valence-electron chi connectivity index (χ0n) is 8.01. The Morgan fingerprint density at radius 3 is 2.87 bits per heavy atom. The summed E-state index contributed by atoms with van der Waals surface area (Å²) < 4.78 is 5.44. The van der Waals surface area contributed by atoms with Gasteiger partial charge in [-0.15, -0.1) is 0 Å². The van der Waals surface area contributed by atoms with Crippen LogP contribution in [0, 0.1) is 0 Å². The van der Waals surface area contributed by atoms with Crippen molar-refractivity contribution in [3.63, 3.8) is 0 Å². The number of carboxylic acids is 1. The van der Waals surface area contributed by atoms with Crippen molar-refractivity contribution < 1.29 is 14.3 Å². The number of hydrogen-bond acceptors (Lipinski definition) is 3. The van der Waals surface area contributed by atoms with Crippen molar-refractivity contribution in [1.82, 2.24) is 0 Å². The standard InChI is InChI=1S/C11H11NO3/c12-8(6-11(13)14)10-5-7-3-1-2-4-9(7)15-10/h1-5,8H,6,12H2,(H,13,14). The fourth-order valence-corrected chi connectivity index (χ4v) is 1.47. The van der Waals surface area contributed by atoms with Gasteiger partial charge in [-0.25, -0.2) is 0 Å². The van der Waals surface area contributed by atoms with E-state index in [9.17, 15) is 4.79 Å². The maximum atomic E-state index is 10.5. The lowest BCUT2D eigenvalue weighted by molar-refractivity contribution is -0.137. The molecule has 1 aromatic carbocycles. The molecular formula is C11H11NO3. The van der Waals surface area contributed by atoms with E-state index in [1.165, 1.54) is 0 Å². The maximum absolute atomic E-state index is 10.5. The van der Waals surface area contributed by atoms with E-state index in [1.807, 2.05) is 24.3 Å². The highest BCUT2D eigenvalue weighted by atomic mass is 16.4. The molecule has 0 amide bonds. The van der Waals surface area contributed by atoms with Gasteiger partial charge in [0.2, 0.25) is 0 Å². The second-order valence-electron chi connectivity index (χ2n) is 3.39. The fourth-order valence-electron chi connectivity index (χ4n) is 1.47. The van der Waals surface area contributed by atoms with Crippen molar-refractivity contribution >= 4 is 16.9 Å². The van der Waals surface area contributed by atoms with Crippen molar-refractivity contribution in [1.29, 1.82) is 0 Å². The highest BCUT2D eigenvalue weighted by Crippen LogP contribution is 2.23. The second-order valence-corrected chi connectivity index (χ2v) is 3.39. The van der Waals surface area contributed by atoms with Crippen LogP contribution in [0.3, 0.4) is 0 Å². The molecule has 15 heavy (non-hydrogen) atoms. The van der Waals surface area contributed by atoms with E-state index in [0.717, 1.165) is 11.0 Å². The Hall–Kier alpha value is -1.81. The largest absolute Gasteiger partial charge is 0.481 e. The van der Waals surface area contributed by atoms with Crippen molar-refractivity contribution in [2.24, 2.45) is 5.73 Å². The number of furan rings is 1. The number of carbonyl (C=O) groups is 1.